The molecular weight excluding hydrogens is 316 g/mol. The molecule has 2 aliphatic heterocycles. The van der Waals surface area contributed by atoms with Gasteiger partial charge in [0.25, 0.3) is 0 Å². The Kier molecular flexibility index (Phi) is 2.99. The van der Waals surface area contributed by atoms with Gasteiger partial charge in [-0.1, -0.05) is 24.3 Å². The molecule has 5 fully saturated rings. The molecule has 2 saturated heterocycles. The predicted octanol–water partition coefficient (Wildman–Crippen LogP) is 3.42. The molecule has 1 aromatic carbocycles. The Balaban J connectivity index is 1.46. The minimum absolute atomic E-state index is 0.0658. The van der Waals surface area contributed by atoms with Crippen LogP contribution < -0.4 is 0 Å². The Morgan fingerprint density at radius 1 is 1.04 bits per heavy atom. The summed E-state index contributed by atoms with van der Waals surface area (Å²) in [6.07, 6.45) is 3.48. The van der Waals surface area contributed by atoms with E-state index >= 15 is 0 Å². The summed E-state index contributed by atoms with van der Waals surface area (Å²) < 4.78 is 18.6. The van der Waals surface area contributed by atoms with Crippen LogP contribution in [0.15, 0.2) is 24.3 Å². The van der Waals surface area contributed by atoms with Crippen molar-refractivity contribution in [2.24, 2.45) is 29.6 Å². The van der Waals surface area contributed by atoms with Crippen LogP contribution in [0.1, 0.15) is 49.5 Å². The number of benzene rings is 1. The molecule has 6 aliphatic rings. The average Bonchev–Trinajstić information content (AvgIpc) is 3.02. The average molecular weight is 340 g/mol. The first-order chi connectivity index (χ1) is 12.3. The smallest absolute Gasteiger partial charge is 0.308 e. The fourth-order valence-corrected chi connectivity index (χ4v) is 7.02. The van der Waals surface area contributed by atoms with E-state index in [9.17, 15) is 4.79 Å². The van der Waals surface area contributed by atoms with E-state index in [-0.39, 0.29) is 30.4 Å². The third-order valence-electron chi connectivity index (χ3n) is 7.60. The molecule has 6 unspecified atom stereocenters. The van der Waals surface area contributed by atoms with Crippen LogP contribution >= 0.6 is 0 Å². The summed E-state index contributed by atoms with van der Waals surface area (Å²) in [7, 11) is 0. The maximum atomic E-state index is 12.2. The molecule has 0 amide bonds. The summed E-state index contributed by atoms with van der Waals surface area (Å²) in [6, 6.07) is 8.66. The third kappa shape index (κ3) is 1.77. The predicted molar refractivity (Wildman–Crippen MR) is 89.6 cm³/mol. The lowest BCUT2D eigenvalue weighted by molar-refractivity contribution is -0.227. The van der Waals surface area contributed by atoms with E-state index < -0.39 is 0 Å². The van der Waals surface area contributed by atoms with Crippen LogP contribution in [0.4, 0.5) is 0 Å². The van der Waals surface area contributed by atoms with Crippen molar-refractivity contribution in [1.29, 1.82) is 0 Å². The molecule has 4 aliphatic carbocycles. The molecule has 0 N–H and O–H groups in total. The number of carbonyl (C=O) groups is 1. The first-order valence-corrected chi connectivity index (χ1v) is 9.83. The van der Waals surface area contributed by atoms with Crippen molar-refractivity contribution in [3.63, 3.8) is 0 Å². The van der Waals surface area contributed by atoms with Crippen LogP contribution in [-0.4, -0.2) is 24.8 Å². The summed E-state index contributed by atoms with van der Waals surface area (Å²) in [4.78, 5) is 12.2. The highest BCUT2D eigenvalue weighted by Crippen LogP contribution is 2.71. The molecule has 0 spiro atoms. The van der Waals surface area contributed by atoms with E-state index in [1.54, 1.807) is 0 Å². The lowest BCUT2D eigenvalue weighted by atomic mass is 9.47. The number of carbonyl (C=O) groups excluding carboxylic acids is 1. The van der Waals surface area contributed by atoms with Gasteiger partial charge in [-0.05, 0) is 48.6 Å². The first-order valence-electron chi connectivity index (χ1n) is 9.83. The molecule has 4 heteroatoms. The van der Waals surface area contributed by atoms with Crippen molar-refractivity contribution in [2.45, 2.75) is 50.6 Å². The summed E-state index contributed by atoms with van der Waals surface area (Å²) in [5.74, 6) is 2.69. The van der Waals surface area contributed by atoms with E-state index in [0.29, 0.717) is 42.6 Å². The molecule has 6 bridgehead atoms. The summed E-state index contributed by atoms with van der Waals surface area (Å²) in [6.45, 7) is 2.29. The highest BCUT2D eigenvalue weighted by molar-refractivity contribution is 5.70. The molecule has 0 radical (unpaired) electrons. The monoisotopic (exact) mass is 340 g/mol. The van der Waals surface area contributed by atoms with Crippen molar-refractivity contribution in [1.82, 2.24) is 0 Å². The van der Waals surface area contributed by atoms with E-state index in [1.165, 1.54) is 24.0 Å². The van der Waals surface area contributed by atoms with Crippen LogP contribution in [0.25, 0.3) is 0 Å². The van der Waals surface area contributed by atoms with Crippen LogP contribution in [0.5, 0.6) is 0 Å². The molecule has 25 heavy (non-hydrogen) atoms. The van der Waals surface area contributed by atoms with Gasteiger partial charge in [0.15, 0.2) is 0 Å². The zero-order chi connectivity index (χ0) is 16.7. The molecule has 4 nitrogen and oxygen atoms in total. The van der Waals surface area contributed by atoms with Gasteiger partial charge in [0, 0.05) is 11.8 Å². The quantitative estimate of drug-likeness (QED) is 0.791. The number of rotatable bonds is 3. The molecule has 2 heterocycles. The SMILES string of the molecule is CCOC(=O)C[C@H]1O[C@@H]2c3ccccc3[C@@H]3OC4C5CCC(C2C53)C41. The Hall–Kier alpha value is -1.39. The van der Waals surface area contributed by atoms with Crippen LogP contribution in [0.2, 0.25) is 0 Å². The summed E-state index contributed by atoms with van der Waals surface area (Å²) >= 11 is 0. The van der Waals surface area contributed by atoms with E-state index in [2.05, 4.69) is 24.3 Å². The van der Waals surface area contributed by atoms with Crippen molar-refractivity contribution in [2.75, 3.05) is 6.61 Å². The normalized spacial score (nSPS) is 47.6. The van der Waals surface area contributed by atoms with Gasteiger partial charge in [0.1, 0.15) is 0 Å². The fraction of sp³-hybridized carbons (Fsp3) is 0.667. The van der Waals surface area contributed by atoms with Crippen LogP contribution in [0.3, 0.4) is 0 Å². The van der Waals surface area contributed by atoms with Crippen molar-refractivity contribution in [3.05, 3.63) is 35.4 Å². The number of esters is 1. The highest BCUT2D eigenvalue weighted by Gasteiger charge is 2.69. The third-order valence-corrected chi connectivity index (χ3v) is 7.60. The maximum absolute atomic E-state index is 12.2. The topological polar surface area (TPSA) is 44.8 Å². The fourth-order valence-electron chi connectivity index (χ4n) is 7.02. The van der Waals surface area contributed by atoms with Crippen molar-refractivity contribution >= 4 is 5.97 Å². The second kappa shape index (κ2) is 5.08. The van der Waals surface area contributed by atoms with Crippen LogP contribution in [0, 0.1) is 29.6 Å². The van der Waals surface area contributed by atoms with Gasteiger partial charge < -0.3 is 14.2 Å². The van der Waals surface area contributed by atoms with Gasteiger partial charge in [-0.15, -0.1) is 0 Å². The van der Waals surface area contributed by atoms with Crippen molar-refractivity contribution in [3.8, 4) is 0 Å². The van der Waals surface area contributed by atoms with Gasteiger partial charge >= 0.3 is 5.97 Å². The maximum Gasteiger partial charge on any atom is 0.308 e. The number of fused-ring (bicyclic) bond motifs is 4. The van der Waals surface area contributed by atoms with E-state index in [0.717, 1.165) is 0 Å². The number of hydrogen-bond donors (Lipinski definition) is 0. The molecule has 132 valence electrons. The van der Waals surface area contributed by atoms with Crippen molar-refractivity contribution < 1.29 is 19.0 Å². The number of hydrogen-bond acceptors (Lipinski definition) is 4. The Labute approximate surface area is 147 Å². The minimum atomic E-state index is -0.134. The second-order valence-electron chi connectivity index (χ2n) is 8.39. The molecule has 1 aromatic rings. The van der Waals surface area contributed by atoms with Gasteiger partial charge in [0.2, 0.25) is 0 Å². The van der Waals surface area contributed by atoms with Gasteiger partial charge in [-0.2, -0.15) is 0 Å². The molecule has 9 atom stereocenters. The van der Waals surface area contributed by atoms with E-state index in [4.69, 9.17) is 14.2 Å². The Morgan fingerprint density at radius 2 is 1.72 bits per heavy atom. The lowest BCUT2D eigenvalue weighted by Gasteiger charge is -2.60. The standard InChI is InChI=1S/C21H24O4/c1-2-23-15(22)9-14-16-12-7-8-13-18-17(12)19(24-14)10-5-3-4-6-11(10)20(18)25-21(13)16/h3-6,12-14,16-21H,2,7-9H2,1H3/t12?,13?,14-,16?,17?,18?,19-,20+,21?/m1/s1. The van der Waals surface area contributed by atoms with Gasteiger partial charge in [-0.25, -0.2) is 0 Å². The van der Waals surface area contributed by atoms with Crippen LogP contribution in [-0.2, 0) is 19.0 Å². The lowest BCUT2D eigenvalue weighted by Crippen LogP contribution is -2.60. The molecule has 3 saturated carbocycles. The zero-order valence-electron chi connectivity index (χ0n) is 14.5. The largest absolute Gasteiger partial charge is 0.466 e. The second-order valence-corrected chi connectivity index (χ2v) is 8.39. The summed E-state index contributed by atoms with van der Waals surface area (Å²) in [5, 5.41) is 0. The highest BCUT2D eigenvalue weighted by atomic mass is 16.5. The zero-order valence-corrected chi connectivity index (χ0v) is 14.5. The van der Waals surface area contributed by atoms with Gasteiger partial charge in [-0.3, -0.25) is 4.79 Å². The number of ether oxygens (including phenoxy) is 3. The van der Waals surface area contributed by atoms with Gasteiger partial charge in [0.05, 0.1) is 37.4 Å². The van der Waals surface area contributed by atoms with E-state index in [1.807, 2.05) is 6.92 Å². The minimum Gasteiger partial charge on any atom is -0.466 e. The first kappa shape index (κ1) is 14.7. The molecular formula is C21H24O4. The molecule has 7 rings (SSSR count). The molecule has 0 aromatic heterocycles. The summed E-state index contributed by atoms with van der Waals surface area (Å²) in [5.41, 5.74) is 2.63. The Bertz CT molecular complexity index is 730. The Morgan fingerprint density at radius 3 is 2.48 bits per heavy atom.